The third-order valence-electron chi connectivity index (χ3n) is 2.01. The lowest BCUT2D eigenvalue weighted by molar-refractivity contribution is 0.486. The smallest absolute Gasteiger partial charge is 0.198 e. The van der Waals surface area contributed by atoms with E-state index in [4.69, 9.17) is 5.73 Å². The summed E-state index contributed by atoms with van der Waals surface area (Å²) in [4.78, 5) is 10.0. The average molecular weight is 138 g/mol. The molecule has 0 aromatic carbocycles. The second-order valence-corrected chi connectivity index (χ2v) is 3.16. The number of hydrogen-bond donors (Lipinski definition) is 1. The van der Waals surface area contributed by atoms with Gasteiger partial charge in [-0.2, -0.15) is 0 Å². The summed E-state index contributed by atoms with van der Waals surface area (Å²) < 4.78 is 0. The molecule has 0 aromatic rings. The van der Waals surface area contributed by atoms with E-state index in [1.807, 2.05) is 6.29 Å². The number of allylic oxidation sites excluding steroid dienone is 1. The van der Waals surface area contributed by atoms with Crippen molar-refractivity contribution >= 4 is 6.29 Å². The molecule has 2 heteroatoms. The summed E-state index contributed by atoms with van der Waals surface area (Å²) in [5, 5.41) is 0. The minimum absolute atomic E-state index is 0.174. The fourth-order valence-electron chi connectivity index (χ4n) is 1.23. The molecular weight excluding hydrogens is 126 g/mol. The third kappa shape index (κ3) is 1.59. The molecule has 2 nitrogen and oxygen atoms in total. The van der Waals surface area contributed by atoms with Crippen molar-refractivity contribution in [2.75, 3.05) is 0 Å². The molecule has 1 aliphatic carbocycles. The zero-order valence-corrected chi connectivity index (χ0v) is 6.02. The van der Waals surface area contributed by atoms with Gasteiger partial charge in [-0.15, -0.1) is 0 Å². The molecule has 2 N–H and O–H groups in total. The van der Waals surface area contributed by atoms with Crippen LogP contribution in [-0.4, -0.2) is 6.29 Å². The standard InChI is InChI=1S/C8H12NO/c1-7(9)6-8(2-3-8)4-5-10/h1-4,6,9H2. The van der Waals surface area contributed by atoms with E-state index in [9.17, 15) is 4.79 Å². The Bertz CT molecular complexity index is 159. The first-order valence-corrected chi connectivity index (χ1v) is 3.47. The van der Waals surface area contributed by atoms with Gasteiger partial charge in [-0.3, -0.25) is 4.79 Å². The molecule has 55 valence electrons. The van der Waals surface area contributed by atoms with Gasteiger partial charge in [0.05, 0.1) is 0 Å². The van der Waals surface area contributed by atoms with Crippen LogP contribution in [0.5, 0.6) is 0 Å². The summed E-state index contributed by atoms with van der Waals surface area (Å²) in [6.45, 7) is 3.61. The maximum atomic E-state index is 10.0. The van der Waals surface area contributed by atoms with E-state index in [-0.39, 0.29) is 5.41 Å². The van der Waals surface area contributed by atoms with E-state index in [2.05, 4.69) is 6.58 Å². The SMILES string of the molecule is C=C(N)CC1(C[C]=O)CC1. The minimum atomic E-state index is 0.174. The van der Waals surface area contributed by atoms with Crippen LogP contribution in [0.3, 0.4) is 0 Å². The van der Waals surface area contributed by atoms with Crippen LogP contribution < -0.4 is 5.73 Å². The summed E-state index contributed by atoms with van der Waals surface area (Å²) in [5.74, 6) is 0. The number of hydrogen-bond acceptors (Lipinski definition) is 2. The lowest BCUT2D eigenvalue weighted by atomic mass is 9.98. The van der Waals surface area contributed by atoms with E-state index in [1.165, 1.54) is 0 Å². The predicted octanol–water partition coefficient (Wildman–Crippen LogP) is 1.13. The van der Waals surface area contributed by atoms with E-state index in [0.717, 1.165) is 19.3 Å². The first-order valence-electron chi connectivity index (χ1n) is 3.47. The van der Waals surface area contributed by atoms with Crippen LogP contribution in [-0.2, 0) is 4.79 Å². The highest BCUT2D eigenvalue weighted by Crippen LogP contribution is 2.52. The van der Waals surface area contributed by atoms with Crippen LogP contribution in [0.15, 0.2) is 12.3 Å². The molecular formula is C8H12NO. The summed E-state index contributed by atoms with van der Waals surface area (Å²) in [6, 6.07) is 0. The highest BCUT2D eigenvalue weighted by atomic mass is 16.1. The first kappa shape index (κ1) is 7.32. The molecule has 0 atom stereocenters. The molecule has 1 radical (unpaired) electrons. The van der Waals surface area contributed by atoms with Crippen molar-refractivity contribution in [1.29, 1.82) is 0 Å². The molecule has 0 saturated heterocycles. The largest absolute Gasteiger partial charge is 0.402 e. The average Bonchev–Trinajstić information content (AvgIpc) is 2.47. The van der Waals surface area contributed by atoms with Gasteiger partial charge in [0.2, 0.25) is 0 Å². The predicted molar refractivity (Wildman–Crippen MR) is 39.9 cm³/mol. The Balaban J connectivity index is 2.37. The Labute approximate surface area is 61.1 Å². The van der Waals surface area contributed by atoms with Crippen molar-refractivity contribution in [3.05, 3.63) is 12.3 Å². The molecule has 0 unspecified atom stereocenters. The minimum Gasteiger partial charge on any atom is -0.402 e. The number of carbonyl (C=O) groups excluding carboxylic acids is 1. The summed E-state index contributed by atoms with van der Waals surface area (Å²) in [6.07, 6.45) is 5.47. The van der Waals surface area contributed by atoms with Crippen molar-refractivity contribution in [1.82, 2.24) is 0 Å². The topological polar surface area (TPSA) is 43.1 Å². The Morgan fingerprint density at radius 2 is 2.30 bits per heavy atom. The monoisotopic (exact) mass is 138 g/mol. The second kappa shape index (κ2) is 2.45. The van der Waals surface area contributed by atoms with Gasteiger partial charge in [0.1, 0.15) is 0 Å². The molecule has 0 aliphatic heterocycles. The summed E-state index contributed by atoms with van der Waals surface area (Å²) >= 11 is 0. The molecule has 0 aromatic heterocycles. The fraction of sp³-hybridized carbons (Fsp3) is 0.625. The molecule has 1 aliphatic rings. The Morgan fingerprint density at radius 3 is 2.60 bits per heavy atom. The summed E-state index contributed by atoms with van der Waals surface area (Å²) in [5.41, 5.74) is 6.29. The van der Waals surface area contributed by atoms with Gasteiger partial charge in [0.15, 0.2) is 6.29 Å². The maximum Gasteiger partial charge on any atom is 0.198 e. The number of nitrogens with two attached hydrogens (primary N) is 1. The maximum absolute atomic E-state index is 10.0. The molecule has 0 heterocycles. The van der Waals surface area contributed by atoms with Crippen LogP contribution in [0.25, 0.3) is 0 Å². The molecule has 1 fully saturated rings. The Morgan fingerprint density at radius 1 is 1.70 bits per heavy atom. The van der Waals surface area contributed by atoms with E-state index in [0.29, 0.717) is 12.1 Å². The van der Waals surface area contributed by atoms with Gasteiger partial charge >= 0.3 is 0 Å². The third-order valence-corrected chi connectivity index (χ3v) is 2.01. The molecule has 0 amide bonds. The fourth-order valence-corrected chi connectivity index (χ4v) is 1.23. The van der Waals surface area contributed by atoms with Crippen LogP contribution in [0.1, 0.15) is 25.7 Å². The highest BCUT2D eigenvalue weighted by molar-refractivity contribution is 5.53. The lowest BCUT2D eigenvalue weighted by Gasteiger charge is -2.08. The van der Waals surface area contributed by atoms with Crippen molar-refractivity contribution in [3.8, 4) is 0 Å². The van der Waals surface area contributed by atoms with Crippen molar-refractivity contribution < 1.29 is 4.79 Å². The summed E-state index contributed by atoms with van der Waals surface area (Å²) in [7, 11) is 0. The van der Waals surface area contributed by atoms with Crippen molar-refractivity contribution in [3.63, 3.8) is 0 Å². The van der Waals surface area contributed by atoms with Crippen LogP contribution >= 0.6 is 0 Å². The van der Waals surface area contributed by atoms with Crippen molar-refractivity contribution in [2.24, 2.45) is 11.1 Å². The van der Waals surface area contributed by atoms with E-state index in [1.54, 1.807) is 0 Å². The zero-order chi connectivity index (χ0) is 7.61. The second-order valence-electron chi connectivity index (χ2n) is 3.16. The van der Waals surface area contributed by atoms with E-state index < -0.39 is 0 Å². The lowest BCUT2D eigenvalue weighted by Crippen LogP contribution is -2.06. The molecule has 0 spiro atoms. The van der Waals surface area contributed by atoms with Gasteiger partial charge in [-0.1, -0.05) is 6.58 Å². The van der Waals surface area contributed by atoms with Gasteiger partial charge in [-0.25, -0.2) is 0 Å². The molecule has 0 bridgehead atoms. The van der Waals surface area contributed by atoms with E-state index >= 15 is 0 Å². The Hall–Kier alpha value is -0.790. The Kier molecular flexibility index (Phi) is 1.79. The van der Waals surface area contributed by atoms with Gasteiger partial charge in [0, 0.05) is 12.1 Å². The van der Waals surface area contributed by atoms with Crippen LogP contribution in [0.4, 0.5) is 0 Å². The zero-order valence-electron chi connectivity index (χ0n) is 6.02. The number of rotatable bonds is 4. The van der Waals surface area contributed by atoms with Gasteiger partial charge in [-0.05, 0) is 24.7 Å². The quantitative estimate of drug-likeness (QED) is 0.632. The van der Waals surface area contributed by atoms with Crippen LogP contribution in [0.2, 0.25) is 0 Å². The molecule has 1 saturated carbocycles. The van der Waals surface area contributed by atoms with Gasteiger partial charge < -0.3 is 5.73 Å². The molecule has 10 heavy (non-hydrogen) atoms. The highest BCUT2D eigenvalue weighted by Gasteiger charge is 2.42. The van der Waals surface area contributed by atoms with Crippen LogP contribution in [0, 0.1) is 5.41 Å². The first-order chi connectivity index (χ1) is 4.68. The van der Waals surface area contributed by atoms with Gasteiger partial charge in [0.25, 0.3) is 0 Å². The van der Waals surface area contributed by atoms with Crippen molar-refractivity contribution in [2.45, 2.75) is 25.7 Å². The normalized spacial score (nSPS) is 20.0. The molecule has 1 rings (SSSR count).